The Hall–Kier alpha value is -1.83. The van der Waals surface area contributed by atoms with Gasteiger partial charge in [-0.15, -0.1) is 0 Å². The van der Waals surface area contributed by atoms with Crippen molar-refractivity contribution in [1.29, 1.82) is 0 Å². The predicted molar refractivity (Wildman–Crippen MR) is 62.8 cm³/mol. The minimum absolute atomic E-state index is 0.898. The number of rotatable bonds is 0. The Kier molecular flexibility index (Phi) is 2.33. The van der Waals surface area contributed by atoms with E-state index in [1.54, 1.807) is 0 Å². The zero-order valence-corrected chi connectivity index (χ0v) is 9.02. The van der Waals surface area contributed by atoms with Gasteiger partial charge in [-0.05, 0) is 43.0 Å². The summed E-state index contributed by atoms with van der Waals surface area (Å²) in [6.45, 7) is 0. The average Bonchev–Trinajstić information content (AvgIpc) is 2.29. The molecule has 0 saturated carbocycles. The van der Waals surface area contributed by atoms with Gasteiger partial charge in [-0.1, -0.05) is 18.2 Å². The Labute approximate surface area is 94.9 Å². The third-order valence-electron chi connectivity index (χ3n) is 2.90. The van der Waals surface area contributed by atoms with Gasteiger partial charge in [0, 0.05) is 6.20 Å². The Morgan fingerprint density at radius 2 is 1.81 bits per heavy atom. The Morgan fingerprint density at radius 3 is 2.81 bits per heavy atom. The topological polar surface area (TPSA) is 22.1 Å². The van der Waals surface area contributed by atoms with Gasteiger partial charge < -0.3 is 4.74 Å². The number of fused-ring (bicyclic) bond motifs is 2. The summed E-state index contributed by atoms with van der Waals surface area (Å²) in [5, 5.41) is 0. The van der Waals surface area contributed by atoms with E-state index in [0.29, 0.717) is 0 Å². The number of benzene rings is 1. The summed E-state index contributed by atoms with van der Waals surface area (Å²) < 4.78 is 5.92. The van der Waals surface area contributed by atoms with Crippen LogP contribution < -0.4 is 4.74 Å². The van der Waals surface area contributed by atoms with Crippen LogP contribution in [-0.4, -0.2) is 4.98 Å². The summed E-state index contributed by atoms with van der Waals surface area (Å²) in [4.78, 5) is 4.37. The molecule has 0 fully saturated rings. The number of nitrogens with zero attached hydrogens (tertiary/aromatic N) is 1. The molecule has 0 atom stereocenters. The molecule has 0 saturated heterocycles. The maximum absolute atomic E-state index is 5.92. The highest BCUT2D eigenvalue weighted by Crippen LogP contribution is 2.31. The van der Waals surface area contributed by atoms with E-state index >= 15 is 0 Å². The molecule has 0 spiro atoms. The normalized spacial score (nSPS) is 14.0. The second kappa shape index (κ2) is 3.97. The van der Waals surface area contributed by atoms with Crippen LogP contribution in [0.1, 0.15) is 17.7 Å². The Balaban J connectivity index is 2.06. The largest absolute Gasteiger partial charge is 0.455 e. The van der Waals surface area contributed by atoms with E-state index in [2.05, 4.69) is 17.1 Å². The third-order valence-corrected chi connectivity index (χ3v) is 2.90. The summed E-state index contributed by atoms with van der Waals surface area (Å²) in [5.41, 5.74) is 2.36. The molecule has 1 aliphatic rings. The van der Waals surface area contributed by atoms with Crippen LogP contribution in [0.3, 0.4) is 0 Å². The number of hydrogen-bond acceptors (Lipinski definition) is 2. The molecule has 1 aromatic heterocycles. The zero-order valence-electron chi connectivity index (χ0n) is 9.02. The van der Waals surface area contributed by atoms with Gasteiger partial charge in [0.25, 0.3) is 0 Å². The van der Waals surface area contributed by atoms with Crippen molar-refractivity contribution in [2.24, 2.45) is 0 Å². The molecule has 2 nitrogen and oxygen atoms in total. The van der Waals surface area contributed by atoms with Crippen LogP contribution in [-0.2, 0) is 12.8 Å². The Bertz CT molecular complexity index is 462. The average molecular weight is 211 g/mol. The van der Waals surface area contributed by atoms with Crippen molar-refractivity contribution >= 4 is 0 Å². The standard InChI is InChI=1S/C14H13NO/c1-2-8-13-11(5-1)6-3-7-12-14(16-13)9-4-10-15-12/h1-2,4-5,8-10H,3,6-7H2. The van der Waals surface area contributed by atoms with Gasteiger partial charge in [0.15, 0.2) is 0 Å². The van der Waals surface area contributed by atoms with E-state index in [9.17, 15) is 0 Å². The number of para-hydroxylation sites is 1. The van der Waals surface area contributed by atoms with Crippen molar-refractivity contribution in [3.8, 4) is 11.5 Å². The second-order valence-corrected chi connectivity index (χ2v) is 4.01. The fraction of sp³-hybridized carbons (Fsp3) is 0.214. The monoisotopic (exact) mass is 211 g/mol. The van der Waals surface area contributed by atoms with Gasteiger partial charge in [0.05, 0.1) is 5.69 Å². The Morgan fingerprint density at radius 1 is 0.938 bits per heavy atom. The van der Waals surface area contributed by atoms with Crippen molar-refractivity contribution in [2.45, 2.75) is 19.3 Å². The minimum Gasteiger partial charge on any atom is -0.455 e. The summed E-state index contributed by atoms with van der Waals surface area (Å²) in [5.74, 6) is 1.87. The highest BCUT2D eigenvalue weighted by Gasteiger charge is 2.12. The highest BCUT2D eigenvalue weighted by molar-refractivity contribution is 5.40. The van der Waals surface area contributed by atoms with E-state index in [-0.39, 0.29) is 0 Å². The van der Waals surface area contributed by atoms with Gasteiger partial charge >= 0.3 is 0 Å². The van der Waals surface area contributed by atoms with Crippen molar-refractivity contribution < 1.29 is 4.74 Å². The van der Waals surface area contributed by atoms with Crippen LogP contribution in [0, 0.1) is 0 Å². The maximum atomic E-state index is 5.92. The van der Waals surface area contributed by atoms with E-state index in [1.165, 1.54) is 5.56 Å². The van der Waals surface area contributed by atoms with Crippen molar-refractivity contribution in [3.63, 3.8) is 0 Å². The quantitative estimate of drug-likeness (QED) is 0.666. The van der Waals surface area contributed by atoms with Gasteiger partial charge in [0.1, 0.15) is 11.5 Å². The molecule has 16 heavy (non-hydrogen) atoms. The zero-order chi connectivity index (χ0) is 10.8. The number of aryl methyl sites for hydroxylation is 2. The fourth-order valence-corrected chi connectivity index (χ4v) is 2.08. The van der Waals surface area contributed by atoms with Crippen LogP contribution >= 0.6 is 0 Å². The molecule has 1 aromatic carbocycles. The van der Waals surface area contributed by atoms with Gasteiger partial charge in [-0.2, -0.15) is 0 Å². The SMILES string of the molecule is c1ccc2c(c1)CCCc1ncccc1O2. The molecule has 2 heteroatoms. The first-order valence-electron chi connectivity index (χ1n) is 5.63. The number of hydrogen-bond donors (Lipinski definition) is 0. The number of ether oxygens (including phenoxy) is 1. The summed E-state index contributed by atoms with van der Waals surface area (Å²) in [6.07, 6.45) is 5.01. The van der Waals surface area contributed by atoms with E-state index in [4.69, 9.17) is 4.74 Å². The predicted octanol–water partition coefficient (Wildman–Crippen LogP) is 3.36. The molecular formula is C14H13NO. The molecule has 1 aliphatic heterocycles. The molecular weight excluding hydrogens is 198 g/mol. The third kappa shape index (κ3) is 1.67. The lowest BCUT2D eigenvalue weighted by Crippen LogP contribution is -2.02. The molecule has 0 radical (unpaired) electrons. The molecule has 0 unspecified atom stereocenters. The van der Waals surface area contributed by atoms with Crippen LogP contribution in [0.4, 0.5) is 0 Å². The van der Waals surface area contributed by atoms with E-state index in [1.807, 2.05) is 30.5 Å². The molecule has 0 bridgehead atoms. The lowest BCUT2D eigenvalue weighted by molar-refractivity contribution is 0.457. The maximum Gasteiger partial charge on any atom is 0.148 e. The molecule has 0 amide bonds. The van der Waals surface area contributed by atoms with Crippen molar-refractivity contribution in [3.05, 3.63) is 53.9 Å². The molecule has 2 aromatic rings. The van der Waals surface area contributed by atoms with Crippen molar-refractivity contribution in [2.75, 3.05) is 0 Å². The van der Waals surface area contributed by atoms with E-state index in [0.717, 1.165) is 36.5 Å². The molecule has 80 valence electrons. The van der Waals surface area contributed by atoms with Gasteiger partial charge in [-0.3, -0.25) is 4.98 Å². The molecule has 2 heterocycles. The molecule has 3 rings (SSSR count). The fourth-order valence-electron chi connectivity index (χ4n) is 2.08. The molecule has 0 N–H and O–H groups in total. The van der Waals surface area contributed by atoms with Gasteiger partial charge in [0.2, 0.25) is 0 Å². The summed E-state index contributed by atoms with van der Waals surface area (Å²) in [6, 6.07) is 12.1. The van der Waals surface area contributed by atoms with Crippen LogP contribution in [0.5, 0.6) is 11.5 Å². The summed E-state index contributed by atoms with van der Waals surface area (Å²) >= 11 is 0. The first-order valence-corrected chi connectivity index (χ1v) is 5.63. The van der Waals surface area contributed by atoms with Crippen LogP contribution in [0.15, 0.2) is 42.6 Å². The summed E-state index contributed by atoms with van der Waals surface area (Å²) in [7, 11) is 0. The van der Waals surface area contributed by atoms with Gasteiger partial charge in [-0.25, -0.2) is 0 Å². The second-order valence-electron chi connectivity index (χ2n) is 4.01. The molecule has 0 aliphatic carbocycles. The number of aromatic nitrogens is 1. The minimum atomic E-state index is 0.898. The lowest BCUT2D eigenvalue weighted by atomic mass is 10.0. The lowest BCUT2D eigenvalue weighted by Gasteiger charge is -2.16. The van der Waals surface area contributed by atoms with Crippen LogP contribution in [0.2, 0.25) is 0 Å². The highest BCUT2D eigenvalue weighted by atomic mass is 16.5. The smallest absolute Gasteiger partial charge is 0.148 e. The number of pyridine rings is 1. The van der Waals surface area contributed by atoms with E-state index < -0.39 is 0 Å². The van der Waals surface area contributed by atoms with Crippen molar-refractivity contribution in [1.82, 2.24) is 4.98 Å². The van der Waals surface area contributed by atoms with Crippen LogP contribution in [0.25, 0.3) is 0 Å². The first kappa shape index (κ1) is 9.40. The first-order chi connectivity index (χ1) is 7.93.